The van der Waals surface area contributed by atoms with E-state index in [-0.39, 0.29) is 37.4 Å². The third-order valence-corrected chi connectivity index (χ3v) is 4.72. The van der Waals surface area contributed by atoms with Crippen molar-refractivity contribution in [3.05, 3.63) is 35.9 Å². The molecule has 0 saturated heterocycles. The molecule has 0 bridgehead atoms. The maximum absolute atomic E-state index is 12.8. The number of rotatable bonds is 7. The van der Waals surface area contributed by atoms with Gasteiger partial charge in [-0.1, -0.05) is 61.4 Å². The molecule has 4 N–H and O–H groups in total. The van der Waals surface area contributed by atoms with E-state index < -0.39 is 5.60 Å². The molecule has 5 nitrogen and oxygen atoms in total. The molecule has 1 aliphatic carbocycles. The highest BCUT2D eigenvalue weighted by atomic mass is 35.5. The number of carbonyl (C=O) groups excluding carboxylic acids is 1. The maximum atomic E-state index is 12.8. The van der Waals surface area contributed by atoms with Gasteiger partial charge >= 0.3 is 0 Å². The lowest BCUT2D eigenvalue weighted by Gasteiger charge is -2.37. The van der Waals surface area contributed by atoms with E-state index in [0.29, 0.717) is 18.7 Å². The number of benzene rings is 1. The molecule has 6 heteroatoms. The van der Waals surface area contributed by atoms with Crippen molar-refractivity contribution < 1.29 is 15.0 Å². The molecule has 144 valence electrons. The number of aliphatic hydroxyl groups is 2. The number of carbonyl (C=O) groups is 1. The smallest absolute Gasteiger partial charge is 0.257 e. The van der Waals surface area contributed by atoms with E-state index in [1.54, 1.807) is 0 Å². The van der Waals surface area contributed by atoms with Crippen molar-refractivity contribution in [3.8, 4) is 11.8 Å². The van der Waals surface area contributed by atoms with Gasteiger partial charge in [0, 0.05) is 12.5 Å². The van der Waals surface area contributed by atoms with Gasteiger partial charge in [0.05, 0.1) is 19.7 Å². The molecule has 0 spiro atoms. The molecular formula is C20H29ClN2O3. The SMILES string of the molecule is Cl.O=C(NCC#CCNCCO)C(O)(c1ccccc1)C1CCCCC1. The van der Waals surface area contributed by atoms with E-state index in [4.69, 9.17) is 5.11 Å². The van der Waals surface area contributed by atoms with E-state index >= 15 is 0 Å². The van der Waals surface area contributed by atoms with Gasteiger partial charge in [0.15, 0.2) is 5.60 Å². The summed E-state index contributed by atoms with van der Waals surface area (Å²) in [6.45, 7) is 1.23. The van der Waals surface area contributed by atoms with Crippen LogP contribution in [-0.2, 0) is 10.4 Å². The Balaban J connectivity index is 0.00000338. The predicted molar refractivity (Wildman–Crippen MR) is 105 cm³/mol. The summed E-state index contributed by atoms with van der Waals surface area (Å²) < 4.78 is 0. The van der Waals surface area contributed by atoms with Crippen LogP contribution in [0.1, 0.15) is 37.7 Å². The van der Waals surface area contributed by atoms with Crippen molar-refractivity contribution in [1.82, 2.24) is 10.6 Å². The van der Waals surface area contributed by atoms with Gasteiger partial charge in [-0.3, -0.25) is 4.79 Å². The second-order valence-corrected chi connectivity index (χ2v) is 6.40. The number of hydrogen-bond donors (Lipinski definition) is 4. The first kappa shape index (κ1) is 22.5. The first-order chi connectivity index (χ1) is 12.2. The van der Waals surface area contributed by atoms with Gasteiger partial charge in [0.1, 0.15) is 0 Å². The van der Waals surface area contributed by atoms with Crippen LogP contribution in [0, 0.1) is 17.8 Å². The maximum Gasteiger partial charge on any atom is 0.257 e. The highest BCUT2D eigenvalue weighted by molar-refractivity contribution is 5.87. The third kappa shape index (κ3) is 6.00. The second-order valence-electron chi connectivity index (χ2n) is 6.40. The van der Waals surface area contributed by atoms with Crippen LogP contribution in [0.3, 0.4) is 0 Å². The second kappa shape index (κ2) is 11.9. The summed E-state index contributed by atoms with van der Waals surface area (Å²) in [7, 11) is 0. The normalized spacial score (nSPS) is 16.5. The molecule has 0 radical (unpaired) electrons. The van der Waals surface area contributed by atoms with Crippen LogP contribution >= 0.6 is 12.4 Å². The molecule has 1 saturated carbocycles. The number of nitrogens with one attached hydrogen (secondary N) is 2. The molecule has 1 aromatic carbocycles. The zero-order valence-electron chi connectivity index (χ0n) is 15.0. The first-order valence-corrected chi connectivity index (χ1v) is 9.03. The van der Waals surface area contributed by atoms with Crippen molar-refractivity contribution >= 4 is 18.3 Å². The molecule has 0 aliphatic heterocycles. The van der Waals surface area contributed by atoms with Crippen molar-refractivity contribution in [2.24, 2.45) is 5.92 Å². The molecule has 0 aromatic heterocycles. The van der Waals surface area contributed by atoms with Crippen LogP contribution in [0.5, 0.6) is 0 Å². The molecular weight excluding hydrogens is 352 g/mol. The van der Waals surface area contributed by atoms with Crippen LogP contribution in [0.15, 0.2) is 30.3 Å². The zero-order valence-corrected chi connectivity index (χ0v) is 15.9. The molecule has 1 fully saturated rings. The Hall–Kier alpha value is -1.58. The molecule has 0 heterocycles. The van der Waals surface area contributed by atoms with Crippen LogP contribution < -0.4 is 10.6 Å². The summed E-state index contributed by atoms with van der Waals surface area (Å²) in [5, 5.41) is 25.7. The highest BCUT2D eigenvalue weighted by Crippen LogP contribution is 2.39. The fraction of sp³-hybridized carbons (Fsp3) is 0.550. The average molecular weight is 381 g/mol. The lowest BCUT2D eigenvalue weighted by atomic mass is 9.73. The predicted octanol–water partition coefficient (Wildman–Crippen LogP) is 1.58. The van der Waals surface area contributed by atoms with Crippen LogP contribution in [0.2, 0.25) is 0 Å². The van der Waals surface area contributed by atoms with Crippen LogP contribution in [0.25, 0.3) is 0 Å². The van der Waals surface area contributed by atoms with E-state index in [0.717, 1.165) is 32.1 Å². The standard InChI is InChI=1S/C20H28N2O3.ClH/c23-16-15-21-13-7-8-14-22-19(24)20(25,17-9-3-1-4-10-17)18-11-5-2-6-12-18;/h1,3-4,9-10,18,21,23,25H,2,5-6,11-16H2,(H,22,24);1H. The van der Waals surface area contributed by atoms with Crippen molar-refractivity contribution in [2.75, 3.05) is 26.2 Å². The highest BCUT2D eigenvalue weighted by Gasteiger charge is 2.45. The van der Waals surface area contributed by atoms with Gasteiger partial charge < -0.3 is 20.8 Å². The molecule has 2 rings (SSSR count). The summed E-state index contributed by atoms with van der Waals surface area (Å²) in [6.07, 6.45) is 4.97. The van der Waals surface area contributed by atoms with Crippen LogP contribution in [0.4, 0.5) is 0 Å². The Morgan fingerprint density at radius 2 is 1.77 bits per heavy atom. The monoisotopic (exact) mass is 380 g/mol. The quantitative estimate of drug-likeness (QED) is 0.427. The molecule has 1 unspecified atom stereocenters. The van der Waals surface area contributed by atoms with E-state index in [1.165, 1.54) is 0 Å². The van der Waals surface area contributed by atoms with Crippen molar-refractivity contribution in [1.29, 1.82) is 0 Å². The number of aliphatic hydroxyl groups excluding tert-OH is 1. The van der Waals surface area contributed by atoms with Gasteiger partial charge in [-0.15, -0.1) is 12.4 Å². The summed E-state index contributed by atoms with van der Waals surface area (Å²) in [6, 6.07) is 9.22. The van der Waals surface area contributed by atoms with E-state index in [1.807, 2.05) is 30.3 Å². The average Bonchev–Trinajstić information content (AvgIpc) is 2.67. The molecule has 1 aliphatic rings. The van der Waals surface area contributed by atoms with Gasteiger partial charge in [-0.25, -0.2) is 0 Å². The zero-order chi connectivity index (χ0) is 18.0. The number of amides is 1. The summed E-state index contributed by atoms with van der Waals surface area (Å²) in [4.78, 5) is 12.8. The Morgan fingerprint density at radius 3 is 2.42 bits per heavy atom. The van der Waals surface area contributed by atoms with E-state index in [9.17, 15) is 9.90 Å². The first-order valence-electron chi connectivity index (χ1n) is 9.03. The minimum Gasteiger partial charge on any atom is -0.395 e. The summed E-state index contributed by atoms with van der Waals surface area (Å²) in [5.74, 6) is 5.30. The lowest BCUT2D eigenvalue weighted by Crippen LogP contribution is -2.50. The molecule has 26 heavy (non-hydrogen) atoms. The third-order valence-electron chi connectivity index (χ3n) is 4.72. The van der Waals surface area contributed by atoms with Crippen LogP contribution in [-0.4, -0.2) is 42.4 Å². The van der Waals surface area contributed by atoms with Gasteiger partial charge in [0.25, 0.3) is 5.91 Å². The minimum absolute atomic E-state index is 0. The van der Waals surface area contributed by atoms with Gasteiger partial charge in [-0.05, 0) is 18.4 Å². The largest absolute Gasteiger partial charge is 0.395 e. The Bertz CT molecular complexity index is 594. The Labute approximate surface area is 162 Å². The van der Waals surface area contributed by atoms with Crippen molar-refractivity contribution in [2.45, 2.75) is 37.7 Å². The van der Waals surface area contributed by atoms with Crippen molar-refractivity contribution in [3.63, 3.8) is 0 Å². The summed E-state index contributed by atoms with van der Waals surface area (Å²) in [5.41, 5.74) is -0.852. The molecule has 1 amide bonds. The topological polar surface area (TPSA) is 81.6 Å². The minimum atomic E-state index is -1.50. The fourth-order valence-corrected chi connectivity index (χ4v) is 3.38. The molecule has 1 aromatic rings. The number of hydrogen-bond acceptors (Lipinski definition) is 4. The molecule has 1 atom stereocenters. The summed E-state index contributed by atoms with van der Waals surface area (Å²) >= 11 is 0. The van der Waals surface area contributed by atoms with Gasteiger partial charge in [-0.2, -0.15) is 0 Å². The Kier molecular flexibility index (Phi) is 10.3. The van der Waals surface area contributed by atoms with Gasteiger partial charge in [0.2, 0.25) is 0 Å². The lowest BCUT2D eigenvalue weighted by molar-refractivity contribution is -0.149. The Morgan fingerprint density at radius 1 is 1.12 bits per heavy atom. The van der Waals surface area contributed by atoms with E-state index in [2.05, 4.69) is 22.5 Å². The number of halogens is 1. The fourth-order valence-electron chi connectivity index (χ4n) is 3.38.